The number of carbonyl (C=O) groups is 2. The van der Waals surface area contributed by atoms with Gasteiger partial charge < -0.3 is 14.6 Å². The molecule has 4 aromatic rings. The van der Waals surface area contributed by atoms with Crippen LogP contribution in [0.25, 0.3) is 5.65 Å². The lowest BCUT2D eigenvalue weighted by atomic mass is 10.1. The summed E-state index contributed by atoms with van der Waals surface area (Å²) in [6.07, 6.45) is 6.66. The predicted molar refractivity (Wildman–Crippen MR) is 119 cm³/mol. The maximum Gasteiger partial charge on any atom is 0.285 e. The average molecular weight is 501 g/mol. The maximum atomic E-state index is 12.4. The van der Waals surface area contributed by atoms with Crippen molar-refractivity contribution in [1.82, 2.24) is 19.8 Å². The van der Waals surface area contributed by atoms with Crippen LogP contribution in [-0.2, 0) is 11.2 Å². The summed E-state index contributed by atoms with van der Waals surface area (Å²) in [6.45, 7) is 0. The Labute approximate surface area is 190 Å². The summed E-state index contributed by atoms with van der Waals surface area (Å²) in [7, 11) is 0. The van der Waals surface area contributed by atoms with Gasteiger partial charge in [0.15, 0.2) is 11.6 Å². The number of benzene rings is 1. The number of hydroxylamine groups is 1. The molecule has 0 radical (unpaired) electrons. The zero-order valence-electron chi connectivity index (χ0n) is 15.9. The van der Waals surface area contributed by atoms with E-state index < -0.39 is 5.91 Å². The lowest BCUT2D eigenvalue weighted by molar-refractivity contribution is -0.115. The molecule has 0 aliphatic rings. The second kappa shape index (κ2) is 9.15. The number of fused-ring (bicyclic) bond motifs is 1. The van der Waals surface area contributed by atoms with Gasteiger partial charge in [0.05, 0.1) is 23.2 Å². The minimum Gasteiger partial charge on any atom is -0.378 e. The number of imidazole rings is 1. The van der Waals surface area contributed by atoms with Crippen molar-refractivity contribution in [3.05, 3.63) is 87.9 Å². The molecule has 0 aliphatic carbocycles. The first-order valence-corrected chi connectivity index (χ1v) is 10.2. The first kappa shape index (κ1) is 20.8. The number of nitrogens with one attached hydrogen (secondary N) is 2. The van der Waals surface area contributed by atoms with Crippen molar-refractivity contribution in [1.29, 1.82) is 0 Å². The van der Waals surface area contributed by atoms with E-state index >= 15 is 0 Å². The topological polar surface area (TPSA) is 97.6 Å². The molecular formula is C21H15BrClN5O3. The van der Waals surface area contributed by atoms with Gasteiger partial charge in [-0.3, -0.25) is 14.6 Å². The molecule has 0 saturated carbocycles. The number of amides is 2. The lowest BCUT2D eigenvalue weighted by Crippen LogP contribution is -2.27. The van der Waals surface area contributed by atoms with Crippen LogP contribution in [0.5, 0.6) is 5.75 Å². The largest absolute Gasteiger partial charge is 0.378 e. The summed E-state index contributed by atoms with van der Waals surface area (Å²) in [4.78, 5) is 37.9. The van der Waals surface area contributed by atoms with Crippen molar-refractivity contribution >= 4 is 50.8 Å². The maximum absolute atomic E-state index is 12.4. The highest BCUT2D eigenvalue weighted by atomic mass is 79.9. The Balaban J connectivity index is 1.36. The highest BCUT2D eigenvalue weighted by Gasteiger charge is 2.12. The molecular weight excluding hydrogens is 486 g/mol. The van der Waals surface area contributed by atoms with E-state index in [9.17, 15) is 9.59 Å². The molecule has 10 heteroatoms. The Bertz CT molecular complexity index is 1260. The molecule has 156 valence electrons. The van der Waals surface area contributed by atoms with Gasteiger partial charge >= 0.3 is 0 Å². The summed E-state index contributed by atoms with van der Waals surface area (Å²) >= 11 is 9.63. The molecule has 8 nitrogen and oxygen atoms in total. The minimum absolute atomic E-state index is 0.0968. The second-order valence-corrected chi connectivity index (χ2v) is 7.83. The number of hydrogen-bond acceptors (Lipinski definition) is 5. The van der Waals surface area contributed by atoms with Crippen molar-refractivity contribution in [2.24, 2.45) is 0 Å². The zero-order chi connectivity index (χ0) is 21.8. The smallest absolute Gasteiger partial charge is 0.285 e. The van der Waals surface area contributed by atoms with E-state index in [1.54, 1.807) is 42.7 Å². The Morgan fingerprint density at radius 3 is 2.81 bits per heavy atom. The van der Waals surface area contributed by atoms with Gasteiger partial charge in [-0.2, -0.15) is 5.48 Å². The quantitative estimate of drug-likeness (QED) is 0.389. The van der Waals surface area contributed by atoms with Crippen LogP contribution < -0.4 is 15.6 Å². The Kier molecular flexibility index (Phi) is 6.15. The van der Waals surface area contributed by atoms with Crippen LogP contribution in [-0.4, -0.2) is 26.2 Å². The van der Waals surface area contributed by atoms with E-state index in [1.807, 2.05) is 22.7 Å². The normalized spacial score (nSPS) is 10.6. The third kappa shape index (κ3) is 5.19. The second-order valence-electron chi connectivity index (χ2n) is 6.50. The zero-order valence-corrected chi connectivity index (χ0v) is 18.2. The SMILES string of the molecule is O=C(Cc1ccc(ONC(=O)c2cccnc2)c(Cl)c1)Nc1cn2cc(Br)ccc2n1. The monoisotopic (exact) mass is 499 g/mol. The van der Waals surface area contributed by atoms with E-state index in [4.69, 9.17) is 16.4 Å². The fraction of sp³-hybridized carbons (Fsp3) is 0.0476. The average Bonchev–Trinajstić information content (AvgIpc) is 3.14. The molecule has 31 heavy (non-hydrogen) atoms. The van der Waals surface area contributed by atoms with Crippen LogP contribution in [0.15, 0.2) is 71.7 Å². The molecule has 0 unspecified atom stereocenters. The Hall–Kier alpha value is -3.43. The minimum atomic E-state index is -0.452. The number of carbonyl (C=O) groups excluding carboxylic acids is 2. The van der Waals surface area contributed by atoms with E-state index in [1.165, 1.54) is 6.20 Å². The first-order chi connectivity index (χ1) is 15.0. The van der Waals surface area contributed by atoms with E-state index in [2.05, 4.69) is 36.7 Å². The molecule has 2 amide bonds. The van der Waals surface area contributed by atoms with Gasteiger partial charge in [0, 0.05) is 23.1 Å². The standard InChI is InChI=1S/C21H15BrClN5O3/c22-15-4-6-19-25-18(12-28(19)11-15)26-20(29)9-13-3-5-17(16(23)8-13)31-27-21(30)14-2-1-7-24-10-14/h1-8,10-12H,9H2,(H,26,29)(H,27,30). The highest BCUT2D eigenvalue weighted by Crippen LogP contribution is 2.25. The van der Waals surface area contributed by atoms with Crippen molar-refractivity contribution < 1.29 is 14.4 Å². The highest BCUT2D eigenvalue weighted by molar-refractivity contribution is 9.10. The molecule has 1 aromatic carbocycles. The van der Waals surface area contributed by atoms with Gasteiger partial charge in [-0.05, 0) is 57.9 Å². The Morgan fingerprint density at radius 1 is 1.16 bits per heavy atom. The summed E-state index contributed by atoms with van der Waals surface area (Å²) in [5.74, 6) is 0.0189. The lowest BCUT2D eigenvalue weighted by Gasteiger charge is -2.10. The van der Waals surface area contributed by atoms with Gasteiger partial charge in [-0.25, -0.2) is 4.98 Å². The third-order valence-corrected chi connectivity index (χ3v) is 4.99. The molecule has 2 N–H and O–H groups in total. The number of rotatable bonds is 6. The molecule has 0 bridgehead atoms. The molecule has 0 spiro atoms. The van der Waals surface area contributed by atoms with Crippen LogP contribution >= 0.6 is 27.5 Å². The van der Waals surface area contributed by atoms with Gasteiger partial charge in [-0.15, -0.1) is 0 Å². The fourth-order valence-corrected chi connectivity index (χ4v) is 3.39. The van der Waals surface area contributed by atoms with Crippen LogP contribution in [0, 0.1) is 0 Å². The Morgan fingerprint density at radius 2 is 2.03 bits per heavy atom. The molecule has 0 fully saturated rings. The van der Waals surface area contributed by atoms with Gasteiger partial charge in [0.1, 0.15) is 5.65 Å². The number of anilines is 1. The summed E-state index contributed by atoms with van der Waals surface area (Å²) in [5.41, 5.74) is 4.06. The van der Waals surface area contributed by atoms with Crippen LogP contribution in [0.4, 0.5) is 5.82 Å². The number of pyridine rings is 2. The first-order valence-electron chi connectivity index (χ1n) is 9.08. The number of nitrogens with zero attached hydrogens (tertiary/aromatic N) is 3. The van der Waals surface area contributed by atoms with E-state index in [0.29, 0.717) is 16.9 Å². The van der Waals surface area contributed by atoms with Gasteiger partial charge in [0.25, 0.3) is 5.91 Å². The van der Waals surface area contributed by atoms with Crippen LogP contribution in [0.3, 0.4) is 0 Å². The summed E-state index contributed by atoms with van der Waals surface area (Å²) in [5, 5.41) is 3.03. The molecule has 0 aliphatic heterocycles. The van der Waals surface area contributed by atoms with Crippen LogP contribution in [0.1, 0.15) is 15.9 Å². The third-order valence-electron chi connectivity index (χ3n) is 4.22. The summed E-state index contributed by atoms with van der Waals surface area (Å²) < 4.78 is 2.71. The molecule has 4 rings (SSSR count). The molecule has 0 atom stereocenters. The van der Waals surface area contributed by atoms with E-state index in [-0.39, 0.29) is 23.1 Å². The van der Waals surface area contributed by atoms with Crippen molar-refractivity contribution in [3.63, 3.8) is 0 Å². The number of halogens is 2. The predicted octanol–water partition coefficient (Wildman–Crippen LogP) is 4.05. The summed E-state index contributed by atoms with van der Waals surface area (Å²) in [6, 6.07) is 11.8. The molecule has 0 saturated heterocycles. The van der Waals surface area contributed by atoms with Crippen LogP contribution in [0.2, 0.25) is 5.02 Å². The van der Waals surface area contributed by atoms with Crippen molar-refractivity contribution in [2.45, 2.75) is 6.42 Å². The number of hydrogen-bond donors (Lipinski definition) is 2. The van der Waals surface area contributed by atoms with Crippen molar-refractivity contribution in [2.75, 3.05) is 5.32 Å². The van der Waals surface area contributed by atoms with Crippen molar-refractivity contribution in [3.8, 4) is 5.75 Å². The number of aromatic nitrogens is 3. The van der Waals surface area contributed by atoms with E-state index in [0.717, 1.165) is 10.1 Å². The molecule has 3 aromatic heterocycles. The van der Waals surface area contributed by atoms with Gasteiger partial charge in [-0.1, -0.05) is 17.7 Å². The fourth-order valence-electron chi connectivity index (χ4n) is 2.79. The molecule has 3 heterocycles. The van der Waals surface area contributed by atoms with Gasteiger partial charge in [0.2, 0.25) is 5.91 Å².